The fourth-order valence-corrected chi connectivity index (χ4v) is 5.77. The largest absolute Gasteiger partial charge is 0.497 e. The Balaban J connectivity index is 1.32. The molecule has 0 saturated carbocycles. The summed E-state index contributed by atoms with van der Waals surface area (Å²) in [6.07, 6.45) is 2.38. The minimum absolute atomic E-state index is 0.168. The van der Waals surface area contributed by atoms with Gasteiger partial charge in [-0.05, 0) is 89.9 Å². The molecule has 0 aliphatic heterocycles. The SMILES string of the molecule is COc1ccc2nc(-c3ccc(NC(=O)C(Cc4ccc(C(=O)NCCS(=O)(=O)O)cc4)c4ccc(CCC(C)(C)C)cc4)cc3)[nH]c2c1. The van der Waals surface area contributed by atoms with Crippen molar-refractivity contribution in [1.82, 2.24) is 15.3 Å². The van der Waals surface area contributed by atoms with E-state index in [9.17, 15) is 18.0 Å². The Morgan fingerprint density at radius 1 is 0.918 bits per heavy atom. The number of methoxy groups -OCH3 is 1. The Morgan fingerprint density at radius 3 is 2.22 bits per heavy atom. The number of aryl methyl sites for hydroxylation is 1. The maximum absolute atomic E-state index is 13.9. The first kappa shape index (κ1) is 35.3. The maximum atomic E-state index is 13.9. The molecule has 256 valence electrons. The molecule has 0 saturated heterocycles. The molecule has 1 aromatic heterocycles. The molecule has 2 amide bonds. The Hall–Kier alpha value is -5.00. The smallest absolute Gasteiger partial charge is 0.266 e. The van der Waals surface area contributed by atoms with Crippen molar-refractivity contribution in [2.24, 2.45) is 5.41 Å². The molecule has 0 spiro atoms. The minimum Gasteiger partial charge on any atom is -0.497 e. The quantitative estimate of drug-likeness (QED) is 0.0998. The molecule has 10 nitrogen and oxygen atoms in total. The topological polar surface area (TPSA) is 150 Å². The summed E-state index contributed by atoms with van der Waals surface area (Å²) in [6, 6.07) is 28.2. The van der Waals surface area contributed by atoms with Gasteiger partial charge in [0.15, 0.2) is 0 Å². The van der Waals surface area contributed by atoms with Gasteiger partial charge < -0.3 is 20.4 Å². The van der Waals surface area contributed by atoms with E-state index in [0.717, 1.165) is 46.3 Å². The fourth-order valence-electron chi connectivity index (χ4n) is 5.41. The zero-order valence-electron chi connectivity index (χ0n) is 28.1. The number of carbonyl (C=O) groups excluding carboxylic acids is 2. The highest BCUT2D eigenvalue weighted by Gasteiger charge is 2.22. The molecule has 4 N–H and O–H groups in total. The lowest BCUT2D eigenvalue weighted by Crippen LogP contribution is -2.28. The number of rotatable bonds is 13. The number of fused-ring (bicyclic) bond motifs is 1. The first-order chi connectivity index (χ1) is 23.3. The number of imidazole rings is 1. The van der Waals surface area contributed by atoms with Gasteiger partial charge in [0.05, 0.1) is 29.8 Å². The van der Waals surface area contributed by atoms with E-state index in [0.29, 0.717) is 23.5 Å². The van der Waals surface area contributed by atoms with Gasteiger partial charge in [0.2, 0.25) is 5.91 Å². The van der Waals surface area contributed by atoms with Gasteiger partial charge in [-0.3, -0.25) is 14.1 Å². The monoisotopic (exact) mass is 682 g/mol. The van der Waals surface area contributed by atoms with Crippen molar-refractivity contribution in [2.45, 2.75) is 46.0 Å². The van der Waals surface area contributed by atoms with Crippen LogP contribution in [0.1, 0.15) is 60.2 Å². The summed E-state index contributed by atoms with van der Waals surface area (Å²) in [5.74, 6) is -0.262. The molecule has 5 rings (SSSR count). The molecule has 4 aromatic carbocycles. The summed E-state index contributed by atoms with van der Waals surface area (Å²) < 4.78 is 36.1. The first-order valence-corrected chi connectivity index (χ1v) is 17.7. The fraction of sp³-hybridized carbons (Fsp3) is 0.289. The lowest BCUT2D eigenvalue weighted by atomic mass is 9.87. The highest BCUT2D eigenvalue weighted by atomic mass is 32.2. The maximum Gasteiger partial charge on any atom is 0.266 e. The van der Waals surface area contributed by atoms with Crippen molar-refractivity contribution >= 4 is 38.7 Å². The van der Waals surface area contributed by atoms with Gasteiger partial charge in [-0.15, -0.1) is 0 Å². The lowest BCUT2D eigenvalue weighted by molar-refractivity contribution is -0.117. The first-order valence-electron chi connectivity index (χ1n) is 16.1. The second-order valence-electron chi connectivity index (χ2n) is 13.3. The third-order valence-corrected chi connectivity index (χ3v) is 9.00. The van der Waals surface area contributed by atoms with Crippen LogP contribution in [-0.2, 0) is 27.8 Å². The van der Waals surface area contributed by atoms with E-state index >= 15 is 0 Å². The number of carbonyl (C=O) groups is 2. The minimum atomic E-state index is -4.18. The van der Waals surface area contributed by atoms with Crippen LogP contribution in [0, 0.1) is 5.41 Å². The van der Waals surface area contributed by atoms with Crippen LogP contribution in [0.4, 0.5) is 5.69 Å². The van der Waals surface area contributed by atoms with Crippen molar-refractivity contribution in [3.05, 3.63) is 113 Å². The van der Waals surface area contributed by atoms with E-state index in [1.54, 1.807) is 31.4 Å². The normalized spacial score (nSPS) is 12.4. The zero-order valence-corrected chi connectivity index (χ0v) is 28.9. The number of nitrogens with one attached hydrogen (secondary N) is 3. The number of nitrogens with zero attached hydrogens (tertiary/aromatic N) is 1. The Kier molecular flexibility index (Phi) is 10.8. The zero-order chi connectivity index (χ0) is 35.2. The molecule has 1 unspecified atom stereocenters. The van der Waals surface area contributed by atoms with Gasteiger partial charge in [-0.2, -0.15) is 8.42 Å². The molecule has 1 heterocycles. The van der Waals surface area contributed by atoms with Gasteiger partial charge in [0.1, 0.15) is 11.6 Å². The van der Waals surface area contributed by atoms with Crippen LogP contribution in [0.3, 0.4) is 0 Å². The van der Waals surface area contributed by atoms with E-state index in [1.807, 2.05) is 54.6 Å². The molecular weight excluding hydrogens is 641 g/mol. The second-order valence-corrected chi connectivity index (χ2v) is 14.9. The third-order valence-electron chi connectivity index (χ3n) is 8.28. The molecule has 0 radical (unpaired) electrons. The third kappa shape index (κ3) is 10.0. The number of aromatic nitrogens is 2. The number of hydrogen-bond acceptors (Lipinski definition) is 6. The van der Waals surface area contributed by atoms with Crippen LogP contribution in [0.5, 0.6) is 5.75 Å². The number of aromatic amines is 1. The second kappa shape index (κ2) is 15.0. The molecule has 11 heteroatoms. The Bertz CT molecular complexity index is 2010. The highest BCUT2D eigenvalue weighted by molar-refractivity contribution is 7.85. The number of benzene rings is 4. The summed E-state index contributed by atoms with van der Waals surface area (Å²) in [6.45, 7) is 6.45. The van der Waals surface area contributed by atoms with Gasteiger partial charge in [0, 0.05) is 29.4 Å². The summed E-state index contributed by atoms with van der Waals surface area (Å²) in [7, 11) is -2.55. The van der Waals surface area contributed by atoms with Crippen molar-refractivity contribution in [2.75, 3.05) is 24.7 Å². The van der Waals surface area contributed by atoms with Crippen LogP contribution in [-0.4, -0.2) is 54.2 Å². The molecule has 0 fully saturated rings. The molecular formula is C38H42N4O6S. The summed E-state index contributed by atoms with van der Waals surface area (Å²) in [4.78, 5) is 34.4. The molecule has 5 aromatic rings. The molecule has 49 heavy (non-hydrogen) atoms. The summed E-state index contributed by atoms with van der Waals surface area (Å²) >= 11 is 0. The van der Waals surface area contributed by atoms with Crippen LogP contribution in [0.15, 0.2) is 91.0 Å². The molecule has 0 aliphatic carbocycles. The summed E-state index contributed by atoms with van der Waals surface area (Å²) in [5.41, 5.74) is 6.70. The number of amides is 2. The van der Waals surface area contributed by atoms with E-state index in [4.69, 9.17) is 9.29 Å². The van der Waals surface area contributed by atoms with E-state index in [2.05, 4.69) is 53.5 Å². The average Bonchev–Trinajstić information content (AvgIpc) is 3.50. The number of hydrogen-bond donors (Lipinski definition) is 4. The number of anilines is 1. The lowest BCUT2D eigenvalue weighted by Gasteiger charge is -2.20. The molecule has 0 bridgehead atoms. The van der Waals surface area contributed by atoms with E-state index < -0.39 is 27.7 Å². The van der Waals surface area contributed by atoms with Gasteiger partial charge >= 0.3 is 0 Å². The van der Waals surface area contributed by atoms with Crippen LogP contribution < -0.4 is 15.4 Å². The number of ether oxygens (including phenoxy) is 1. The summed E-state index contributed by atoms with van der Waals surface area (Å²) in [5, 5.41) is 5.57. The van der Waals surface area contributed by atoms with E-state index in [-0.39, 0.29) is 17.9 Å². The van der Waals surface area contributed by atoms with Gasteiger partial charge in [-0.25, -0.2) is 4.98 Å². The van der Waals surface area contributed by atoms with Crippen molar-refractivity contribution < 1.29 is 27.3 Å². The van der Waals surface area contributed by atoms with Gasteiger partial charge in [0.25, 0.3) is 16.0 Å². The average molecular weight is 683 g/mol. The van der Waals surface area contributed by atoms with Crippen LogP contribution in [0.2, 0.25) is 0 Å². The molecule has 1 atom stereocenters. The van der Waals surface area contributed by atoms with Crippen molar-refractivity contribution in [3.63, 3.8) is 0 Å². The van der Waals surface area contributed by atoms with Crippen LogP contribution in [0.25, 0.3) is 22.4 Å². The molecule has 0 aliphatic rings. The van der Waals surface area contributed by atoms with Crippen molar-refractivity contribution in [3.8, 4) is 17.1 Å². The standard InChI is InChI=1S/C38H42N4O6S/c1-38(2,3)20-19-25-5-9-27(10-6-25)32(23-26-7-11-29(12-8-26)36(43)39-21-22-49(45,46)47)37(44)40-30-15-13-28(14-16-30)35-41-33-18-17-31(48-4)24-34(33)42-35/h5-18,24,32H,19-23H2,1-4H3,(H,39,43)(H,40,44)(H,41,42)(H,45,46,47). The number of H-pyrrole nitrogens is 1. The highest BCUT2D eigenvalue weighted by Crippen LogP contribution is 2.28. The van der Waals surface area contributed by atoms with Crippen molar-refractivity contribution in [1.29, 1.82) is 0 Å². The Labute approximate surface area is 287 Å². The van der Waals surface area contributed by atoms with Crippen LogP contribution >= 0.6 is 0 Å². The predicted octanol–water partition coefficient (Wildman–Crippen LogP) is 6.80. The Morgan fingerprint density at radius 2 is 1.59 bits per heavy atom. The van der Waals surface area contributed by atoms with Gasteiger partial charge in [-0.1, -0.05) is 57.2 Å². The predicted molar refractivity (Wildman–Crippen MR) is 193 cm³/mol. The van der Waals surface area contributed by atoms with E-state index in [1.165, 1.54) is 5.56 Å².